The number of hydrogen-bond donors (Lipinski definition) is 1. The molecule has 1 aliphatic heterocycles. The number of alkyl halides is 2. The summed E-state index contributed by atoms with van der Waals surface area (Å²) in [6.07, 6.45) is 3.53. The molecule has 8 heteroatoms. The Labute approximate surface area is 208 Å². The van der Waals surface area contributed by atoms with Gasteiger partial charge in [0.2, 0.25) is 5.91 Å². The molecule has 1 aromatic heterocycles. The highest BCUT2D eigenvalue weighted by molar-refractivity contribution is 5.95. The average Bonchev–Trinajstić information content (AvgIpc) is 3.73. The maximum Gasteiger partial charge on any atom is 0.266 e. The van der Waals surface area contributed by atoms with E-state index in [1.807, 2.05) is 17.0 Å². The Hall–Kier alpha value is -3.55. The van der Waals surface area contributed by atoms with Crippen LogP contribution in [0, 0.1) is 11.7 Å². The van der Waals surface area contributed by atoms with E-state index < -0.39 is 23.8 Å². The maximum absolute atomic E-state index is 14.8. The van der Waals surface area contributed by atoms with Crippen molar-refractivity contribution in [2.75, 3.05) is 25.5 Å². The van der Waals surface area contributed by atoms with Crippen LogP contribution in [0.1, 0.15) is 55.3 Å². The number of carbonyl (C=O) groups is 1. The minimum Gasteiger partial charge on any atom is -0.496 e. The van der Waals surface area contributed by atoms with Crippen molar-refractivity contribution in [3.8, 4) is 5.75 Å². The van der Waals surface area contributed by atoms with E-state index in [-0.39, 0.29) is 17.4 Å². The summed E-state index contributed by atoms with van der Waals surface area (Å²) in [4.78, 5) is 18.8. The van der Waals surface area contributed by atoms with Crippen molar-refractivity contribution in [3.63, 3.8) is 0 Å². The molecule has 2 aromatic carbocycles. The van der Waals surface area contributed by atoms with Crippen LogP contribution in [0.25, 0.3) is 16.5 Å². The van der Waals surface area contributed by atoms with Crippen LogP contribution in [0.15, 0.2) is 48.7 Å². The Balaban J connectivity index is 1.46. The SMILES string of the molecule is COc1cc2nccc(N[C@H](C)c3cccc(C(F)F)c3F)c2cc1C1=CCN(C(=O)C2CC2)CC1. The first-order valence-electron chi connectivity index (χ1n) is 12.1. The lowest BCUT2D eigenvalue weighted by atomic mass is 9.96. The number of rotatable bonds is 7. The molecular formula is C28H28F3N3O2. The third-order valence-corrected chi connectivity index (χ3v) is 6.99. The molecule has 2 heterocycles. The molecule has 1 saturated carbocycles. The summed E-state index contributed by atoms with van der Waals surface area (Å²) < 4.78 is 46.8. The van der Waals surface area contributed by atoms with Gasteiger partial charge in [-0.25, -0.2) is 13.2 Å². The Morgan fingerprint density at radius 2 is 1.97 bits per heavy atom. The molecule has 1 N–H and O–H groups in total. The van der Waals surface area contributed by atoms with E-state index in [4.69, 9.17) is 4.74 Å². The topological polar surface area (TPSA) is 54.5 Å². The molecule has 1 aliphatic carbocycles. The van der Waals surface area contributed by atoms with Gasteiger partial charge in [-0.1, -0.05) is 24.3 Å². The fourth-order valence-electron chi connectivity index (χ4n) is 4.80. The highest BCUT2D eigenvalue weighted by atomic mass is 19.3. The number of carbonyl (C=O) groups excluding carboxylic acids is 1. The molecule has 0 bridgehead atoms. The second-order valence-electron chi connectivity index (χ2n) is 9.38. The summed E-state index contributed by atoms with van der Waals surface area (Å²) in [7, 11) is 1.61. The highest BCUT2D eigenvalue weighted by Crippen LogP contribution is 2.38. The zero-order valence-corrected chi connectivity index (χ0v) is 20.2. The normalized spacial score (nSPS) is 16.7. The Bertz CT molecular complexity index is 1340. The number of anilines is 1. The van der Waals surface area contributed by atoms with Crippen LogP contribution in [0.4, 0.5) is 18.9 Å². The van der Waals surface area contributed by atoms with Gasteiger partial charge in [0.05, 0.1) is 24.2 Å². The van der Waals surface area contributed by atoms with E-state index in [1.165, 1.54) is 12.1 Å². The quantitative estimate of drug-likeness (QED) is 0.406. The van der Waals surface area contributed by atoms with Gasteiger partial charge in [-0.2, -0.15) is 0 Å². The zero-order valence-electron chi connectivity index (χ0n) is 20.2. The number of fused-ring (bicyclic) bond motifs is 1. The lowest BCUT2D eigenvalue weighted by Gasteiger charge is -2.27. The number of hydrogen-bond acceptors (Lipinski definition) is 4. The van der Waals surface area contributed by atoms with Gasteiger partial charge in [0.1, 0.15) is 11.6 Å². The van der Waals surface area contributed by atoms with Gasteiger partial charge in [-0.15, -0.1) is 0 Å². The zero-order chi connectivity index (χ0) is 25.4. The van der Waals surface area contributed by atoms with Crippen LogP contribution in [0.5, 0.6) is 5.75 Å². The second kappa shape index (κ2) is 9.84. The average molecular weight is 496 g/mol. The number of ether oxygens (including phenoxy) is 1. The summed E-state index contributed by atoms with van der Waals surface area (Å²) in [6.45, 7) is 2.97. The largest absolute Gasteiger partial charge is 0.496 e. The minimum absolute atomic E-state index is 0.168. The molecule has 1 atom stereocenters. The summed E-state index contributed by atoms with van der Waals surface area (Å²) in [5.74, 6) is 0.224. The van der Waals surface area contributed by atoms with Gasteiger partial charge in [0, 0.05) is 53.5 Å². The molecular weight excluding hydrogens is 467 g/mol. The van der Waals surface area contributed by atoms with Crippen molar-refractivity contribution in [2.45, 2.75) is 38.7 Å². The van der Waals surface area contributed by atoms with Gasteiger partial charge in [0.25, 0.3) is 6.43 Å². The number of halogens is 3. The van der Waals surface area contributed by atoms with Crippen LogP contribution in [0.2, 0.25) is 0 Å². The second-order valence-corrected chi connectivity index (χ2v) is 9.38. The fraction of sp³-hybridized carbons (Fsp3) is 0.357. The summed E-state index contributed by atoms with van der Waals surface area (Å²) in [6, 6.07) is 9.14. The monoisotopic (exact) mass is 495 g/mol. The molecule has 3 aromatic rings. The van der Waals surface area contributed by atoms with E-state index >= 15 is 0 Å². The first kappa shape index (κ1) is 24.2. The van der Waals surface area contributed by atoms with Gasteiger partial charge >= 0.3 is 0 Å². The summed E-state index contributed by atoms with van der Waals surface area (Å²) in [5, 5.41) is 4.09. The number of amides is 1. The molecule has 2 aliphatic rings. The molecule has 0 saturated heterocycles. The van der Waals surface area contributed by atoms with Crippen LogP contribution in [-0.4, -0.2) is 36.0 Å². The lowest BCUT2D eigenvalue weighted by molar-refractivity contribution is -0.132. The molecule has 0 unspecified atom stereocenters. The number of methoxy groups -OCH3 is 1. The summed E-state index contributed by atoms with van der Waals surface area (Å²) >= 11 is 0. The number of nitrogens with one attached hydrogen (secondary N) is 1. The van der Waals surface area contributed by atoms with Crippen LogP contribution >= 0.6 is 0 Å². The number of pyridine rings is 1. The van der Waals surface area contributed by atoms with Crippen molar-refractivity contribution >= 4 is 28.1 Å². The molecule has 1 fully saturated rings. The Kier molecular flexibility index (Phi) is 6.60. The number of aromatic nitrogens is 1. The van der Waals surface area contributed by atoms with Gasteiger partial charge in [0.15, 0.2) is 0 Å². The van der Waals surface area contributed by atoms with Crippen molar-refractivity contribution in [2.24, 2.45) is 5.92 Å². The number of benzene rings is 2. The maximum atomic E-state index is 14.8. The minimum atomic E-state index is -2.88. The molecule has 0 radical (unpaired) electrons. The highest BCUT2D eigenvalue weighted by Gasteiger charge is 2.34. The van der Waals surface area contributed by atoms with Crippen LogP contribution < -0.4 is 10.1 Å². The molecule has 188 valence electrons. The molecule has 1 amide bonds. The van der Waals surface area contributed by atoms with E-state index in [2.05, 4.69) is 16.4 Å². The standard InChI is InChI=1S/C28H28F3N3O2/c1-16(19-4-3-5-20(26(19)29)27(30)31)33-23-8-11-32-24-15-25(36-2)21(14-22(23)24)17-9-12-34(13-10-17)28(35)18-6-7-18/h3-5,8-9,11,14-16,18,27H,6-7,10,12-13H2,1-2H3,(H,32,33)/t16-/m1/s1. The predicted octanol–water partition coefficient (Wildman–Crippen LogP) is 6.52. The van der Waals surface area contributed by atoms with E-state index in [9.17, 15) is 18.0 Å². The lowest BCUT2D eigenvalue weighted by Crippen LogP contribution is -2.35. The van der Waals surface area contributed by atoms with Gasteiger partial charge in [-0.3, -0.25) is 9.78 Å². The first-order valence-corrected chi connectivity index (χ1v) is 12.1. The van der Waals surface area contributed by atoms with E-state index in [1.54, 1.807) is 26.3 Å². The number of nitrogens with zero attached hydrogens (tertiary/aromatic N) is 2. The Morgan fingerprint density at radius 1 is 1.19 bits per heavy atom. The van der Waals surface area contributed by atoms with Crippen molar-refractivity contribution < 1.29 is 22.7 Å². The van der Waals surface area contributed by atoms with Crippen molar-refractivity contribution in [1.29, 1.82) is 0 Å². The Morgan fingerprint density at radius 3 is 2.64 bits per heavy atom. The molecule has 5 rings (SSSR count). The first-order chi connectivity index (χ1) is 17.4. The molecule has 36 heavy (non-hydrogen) atoms. The fourth-order valence-corrected chi connectivity index (χ4v) is 4.80. The predicted molar refractivity (Wildman–Crippen MR) is 134 cm³/mol. The smallest absolute Gasteiger partial charge is 0.266 e. The van der Waals surface area contributed by atoms with Gasteiger partial charge < -0.3 is 15.0 Å². The summed E-state index contributed by atoms with van der Waals surface area (Å²) in [5.41, 5.74) is 2.97. The third kappa shape index (κ3) is 4.64. The molecule has 0 spiro atoms. The van der Waals surface area contributed by atoms with E-state index in [0.29, 0.717) is 36.5 Å². The van der Waals surface area contributed by atoms with Crippen LogP contribution in [0.3, 0.4) is 0 Å². The third-order valence-electron chi connectivity index (χ3n) is 6.99. The van der Waals surface area contributed by atoms with Crippen molar-refractivity contribution in [1.82, 2.24) is 9.88 Å². The van der Waals surface area contributed by atoms with Crippen molar-refractivity contribution in [3.05, 3.63) is 71.2 Å². The van der Waals surface area contributed by atoms with Gasteiger partial charge in [-0.05, 0) is 43.9 Å². The van der Waals surface area contributed by atoms with E-state index in [0.717, 1.165) is 35.4 Å². The molecule has 5 nitrogen and oxygen atoms in total. The van der Waals surface area contributed by atoms with Crippen LogP contribution in [-0.2, 0) is 4.79 Å².